The third-order valence-electron chi connectivity index (χ3n) is 6.70. The maximum atomic E-state index is 12.5. The molecule has 0 spiro atoms. The third kappa shape index (κ3) is 3.65. The lowest BCUT2D eigenvalue weighted by atomic mass is 10.1. The summed E-state index contributed by atoms with van der Waals surface area (Å²) in [4.78, 5) is 11.9. The minimum absolute atomic E-state index is 0.0812. The lowest BCUT2D eigenvalue weighted by Crippen LogP contribution is -2.26. The fourth-order valence-corrected chi connectivity index (χ4v) is 5.99. The molecule has 1 aliphatic heterocycles. The maximum Gasteiger partial charge on any atom is 0.297 e. The van der Waals surface area contributed by atoms with E-state index < -0.39 is 10.1 Å². The van der Waals surface area contributed by atoms with Gasteiger partial charge in [0.1, 0.15) is 0 Å². The molecule has 35 heavy (non-hydrogen) atoms. The van der Waals surface area contributed by atoms with Gasteiger partial charge in [-0.2, -0.15) is 8.42 Å². The van der Waals surface area contributed by atoms with Gasteiger partial charge in [0.15, 0.2) is 6.29 Å². The monoisotopic (exact) mass is 488 g/mol. The molecule has 0 bridgehead atoms. The number of ether oxygens (including phenoxy) is 1. The van der Waals surface area contributed by atoms with E-state index in [2.05, 4.69) is 27.3 Å². The van der Waals surface area contributed by atoms with E-state index in [9.17, 15) is 13.2 Å². The Hall–Kier alpha value is -3.46. The van der Waals surface area contributed by atoms with Gasteiger partial charge in [0.25, 0.3) is 10.1 Å². The number of aromatic nitrogens is 2. The zero-order valence-corrected chi connectivity index (χ0v) is 20.0. The Kier molecular flexibility index (Phi) is 5.25. The summed E-state index contributed by atoms with van der Waals surface area (Å²) in [5.41, 5.74) is 4.83. The molecule has 0 fully saturated rings. The molecule has 6 rings (SSSR count). The summed E-state index contributed by atoms with van der Waals surface area (Å²) in [7, 11) is -3.84. The van der Waals surface area contributed by atoms with Crippen molar-refractivity contribution in [3.8, 4) is 0 Å². The molecule has 7 nitrogen and oxygen atoms in total. The number of hydrogen-bond donors (Lipinski definition) is 0. The Morgan fingerprint density at radius 3 is 2.49 bits per heavy atom. The van der Waals surface area contributed by atoms with E-state index in [0.717, 1.165) is 44.6 Å². The zero-order valence-electron chi connectivity index (χ0n) is 19.2. The quantitative estimate of drug-likeness (QED) is 0.189. The summed E-state index contributed by atoms with van der Waals surface area (Å²) >= 11 is 0. The highest BCUT2D eigenvalue weighted by molar-refractivity contribution is 7.86. The molecular weight excluding hydrogens is 464 g/mol. The first-order valence-electron chi connectivity index (χ1n) is 11.5. The van der Waals surface area contributed by atoms with Crippen molar-refractivity contribution in [3.05, 3.63) is 78.0 Å². The lowest BCUT2D eigenvalue weighted by molar-refractivity contribution is 0.0178. The second-order valence-corrected chi connectivity index (χ2v) is 10.5. The van der Waals surface area contributed by atoms with Crippen molar-refractivity contribution < 1.29 is 22.1 Å². The zero-order chi connectivity index (χ0) is 24.2. The number of carbonyl (C=O) groups excluding carboxylic acids is 1. The normalized spacial score (nSPS) is 15.9. The number of para-hydroxylation sites is 1. The molecule has 0 radical (unpaired) electrons. The predicted molar refractivity (Wildman–Crippen MR) is 134 cm³/mol. The van der Waals surface area contributed by atoms with Gasteiger partial charge in [-0.15, -0.1) is 0 Å². The number of benzene rings is 3. The van der Waals surface area contributed by atoms with E-state index >= 15 is 0 Å². The molecular formula is C27H24N2O5S. The van der Waals surface area contributed by atoms with Crippen molar-refractivity contribution in [1.82, 2.24) is 9.13 Å². The van der Waals surface area contributed by atoms with Crippen LogP contribution in [0.5, 0.6) is 0 Å². The first kappa shape index (κ1) is 22.0. The number of aldehydes is 1. The van der Waals surface area contributed by atoms with Crippen LogP contribution in [-0.4, -0.2) is 43.2 Å². The van der Waals surface area contributed by atoms with E-state index in [1.54, 1.807) is 24.3 Å². The summed E-state index contributed by atoms with van der Waals surface area (Å²) < 4.78 is 40.7. The van der Waals surface area contributed by atoms with Crippen molar-refractivity contribution in [3.63, 3.8) is 0 Å². The first-order valence-corrected chi connectivity index (χ1v) is 12.9. The Bertz CT molecular complexity index is 1700. The predicted octanol–water partition coefficient (Wildman–Crippen LogP) is 4.67. The second kappa shape index (κ2) is 8.34. The van der Waals surface area contributed by atoms with Gasteiger partial charge < -0.3 is 13.9 Å². The highest BCUT2D eigenvalue weighted by Gasteiger charge is 2.25. The lowest BCUT2D eigenvalue weighted by Gasteiger charge is -2.18. The molecule has 3 heterocycles. The van der Waals surface area contributed by atoms with Crippen molar-refractivity contribution in [2.45, 2.75) is 31.0 Å². The van der Waals surface area contributed by atoms with Crippen LogP contribution in [0.25, 0.3) is 32.7 Å². The number of carbonyl (C=O) groups is 1. The van der Waals surface area contributed by atoms with Crippen LogP contribution in [0.2, 0.25) is 0 Å². The molecule has 5 aromatic rings. The number of fused-ring (bicyclic) bond motifs is 3. The summed E-state index contributed by atoms with van der Waals surface area (Å²) in [5, 5.41) is 3.21. The van der Waals surface area contributed by atoms with Crippen LogP contribution in [0.15, 0.2) is 71.8 Å². The van der Waals surface area contributed by atoms with Gasteiger partial charge in [-0.1, -0.05) is 48.0 Å². The molecule has 0 saturated carbocycles. The Balaban J connectivity index is 1.28. The van der Waals surface area contributed by atoms with Crippen molar-refractivity contribution in [1.29, 1.82) is 0 Å². The molecule has 0 saturated heterocycles. The molecule has 0 amide bonds. The van der Waals surface area contributed by atoms with Crippen molar-refractivity contribution >= 4 is 49.1 Å². The minimum atomic E-state index is -3.84. The standard InChI is InChI=1S/C27H24N2O5S/c1-18-6-8-21(9-7-18)35(31,32)34-13-12-33-20-15-28-14-19(17-30)22-10-11-24-23-4-2-3-5-25(23)29(16-20)27(24)26(22)28/h2-11,14,17,20H,12-13,15-16H2,1H3. The van der Waals surface area contributed by atoms with E-state index in [0.29, 0.717) is 18.7 Å². The molecule has 178 valence electrons. The average Bonchev–Trinajstić information content (AvgIpc) is 3.31. The third-order valence-corrected chi connectivity index (χ3v) is 8.02. The van der Waals surface area contributed by atoms with Crippen LogP contribution in [0, 0.1) is 6.92 Å². The molecule has 3 aromatic carbocycles. The average molecular weight is 489 g/mol. The minimum Gasteiger partial charge on any atom is -0.372 e. The van der Waals surface area contributed by atoms with Crippen molar-refractivity contribution in [2.75, 3.05) is 13.2 Å². The molecule has 1 unspecified atom stereocenters. The Morgan fingerprint density at radius 1 is 0.914 bits per heavy atom. The number of rotatable bonds is 7. The van der Waals surface area contributed by atoms with Gasteiger partial charge in [0.2, 0.25) is 0 Å². The van der Waals surface area contributed by atoms with Crippen LogP contribution >= 0.6 is 0 Å². The van der Waals surface area contributed by atoms with E-state index in [1.165, 1.54) is 0 Å². The van der Waals surface area contributed by atoms with Gasteiger partial charge in [-0.25, -0.2) is 0 Å². The summed E-state index contributed by atoms with van der Waals surface area (Å²) in [6, 6.07) is 18.9. The van der Waals surface area contributed by atoms with Gasteiger partial charge in [0, 0.05) is 33.4 Å². The largest absolute Gasteiger partial charge is 0.372 e. The van der Waals surface area contributed by atoms with Crippen LogP contribution in [0.4, 0.5) is 0 Å². The highest BCUT2D eigenvalue weighted by atomic mass is 32.2. The van der Waals surface area contributed by atoms with E-state index in [1.807, 2.05) is 31.3 Å². The van der Waals surface area contributed by atoms with Gasteiger partial charge in [0.05, 0.1) is 48.3 Å². The SMILES string of the molecule is Cc1ccc(S(=O)(=O)OCCOC2Cn3cc(C=O)c4ccc5c6ccccc6n(c5c43)C2)cc1. The number of hydrogen-bond acceptors (Lipinski definition) is 5. The number of nitrogens with zero attached hydrogens (tertiary/aromatic N) is 2. The van der Waals surface area contributed by atoms with Crippen LogP contribution in [0.3, 0.4) is 0 Å². The second-order valence-electron chi connectivity index (χ2n) is 8.92. The summed E-state index contributed by atoms with van der Waals surface area (Å²) in [6.45, 7) is 3.09. The maximum absolute atomic E-state index is 12.5. The first-order chi connectivity index (χ1) is 17.0. The fraction of sp³-hybridized carbons (Fsp3) is 0.222. The van der Waals surface area contributed by atoms with Gasteiger partial charge in [-0.3, -0.25) is 8.98 Å². The topological polar surface area (TPSA) is 79.5 Å². The molecule has 1 atom stereocenters. The molecule has 0 N–H and O–H groups in total. The van der Waals surface area contributed by atoms with Crippen LogP contribution < -0.4 is 0 Å². The highest BCUT2D eigenvalue weighted by Crippen LogP contribution is 2.37. The van der Waals surface area contributed by atoms with Gasteiger partial charge >= 0.3 is 0 Å². The van der Waals surface area contributed by atoms with Crippen molar-refractivity contribution in [2.24, 2.45) is 0 Å². The Morgan fingerprint density at radius 2 is 1.69 bits per heavy atom. The fourth-order valence-electron chi connectivity index (χ4n) is 5.10. The summed E-state index contributed by atoms with van der Waals surface area (Å²) in [6.07, 6.45) is 2.53. The Labute approximate surface area is 202 Å². The molecule has 8 heteroatoms. The van der Waals surface area contributed by atoms with Gasteiger partial charge in [-0.05, 0) is 25.1 Å². The van der Waals surface area contributed by atoms with E-state index in [4.69, 9.17) is 8.92 Å². The van der Waals surface area contributed by atoms with E-state index in [-0.39, 0.29) is 24.2 Å². The molecule has 2 aromatic heterocycles. The smallest absolute Gasteiger partial charge is 0.297 e. The van der Waals surface area contributed by atoms with Crippen LogP contribution in [-0.2, 0) is 32.1 Å². The summed E-state index contributed by atoms with van der Waals surface area (Å²) in [5.74, 6) is 0. The molecule has 1 aliphatic rings. The molecule has 0 aliphatic carbocycles. The van der Waals surface area contributed by atoms with Crippen LogP contribution in [0.1, 0.15) is 15.9 Å². The number of aryl methyl sites for hydroxylation is 1.